The molecule has 0 saturated heterocycles. The molecule has 10 nitrogen and oxygen atoms in total. The Labute approximate surface area is 163 Å². The highest BCUT2D eigenvalue weighted by molar-refractivity contribution is 7.98. The van der Waals surface area contributed by atoms with Crippen LogP contribution in [-0.4, -0.2) is 45.1 Å². The molecule has 0 unspecified atom stereocenters. The van der Waals surface area contributed by atoms with E-state index in [1.54, 1.807) is 24.5 Å². The molecular weight excluding hydrogens is 404 g/mol. The van der Waals surface area contributed by atoms with Crippen LogP contribution in [0.4, 0.5) is 0 Å². The van der Waals surface area contributed by atoms with Gasteiger partial charge in [-0.1, -0.05) is 11.8 Å². The minimum Gasteiger partial charge on any atom is -0.469 e. The lowest BCUT2D eigenvalue weighted by Crippen LogP contribution is -2.03. The quantitative estimate of drug-likeness (QED) is 0.430. The Kier molecular flexibility index (Phi) is 4.73. The number of nitrogens with zero attached hydrogens (tertiary/aromatic N) is 6. The lowest BCUT2D eigenvalue weighted by molar-refractivity contribution is 0.463. The molecule has 0 saturated carbocycles. The van der Waals surface area contributed by atoms with Crippen molar-refractivity contribution in [3.63, 3.8) is 0 Å². The highest BCUT2D eigenvalue weighted by Crippen LogP contribution is 2.27. The zero-order valence-electron chi connectivity index (χ0n) is 14.8. The van der Waals surface area contributed by atoms with Gasteiger partial charge < -0.3 is 8.83 Å². The van der Waals surface area contributed by atoms with Crippen molar-refractivity contribution in [1.29, 1.82) is 0 Å². The molecular formula is C16H14N6O4S2. The van der Waals surface area contributed by atoms with Crippen molar-refractivity contribution in [2.24, 2.45) is 0 Å². The second-order valence-electron chi connectivity index (χ2n) is 5.83. The van der Waals surface area contributed by atoms with Crippen molar-refractivity contribution in [3.05, 3.63) is 48.2 Å². The van der Waals surface area contributed by atoms with Crippen LogP contribution < -0.4 is 0 Å². The first kappa shape index (κ1) is 18.4. The van der Waals surface area contributed by atoms with Crippen molar-refractivity contribution in [3.8, 4) is 17.1 Å². The van der Waals surface area contributed by atoms with Crippen molar-refractivity contribution in [2.75, 3.05) is 6.26 Å². The van der Waals surface area contributed by atoms with Gasteiger partial charge in [0.1, 0.15) is 5.76 Å². The van der Waals surface area contributed by atoms with Crippen molar-refractivity contribution in [2.45, 2.75) is 22.8 Å². The number of tetrazole rings is 1. The number of benzene rings is 1. The molecule has 3 aromatic heterocycles. The van der Waals surface area contributed by atoms with E-state index in [1.807, 2.05) is 6.92 Å². The largest absolute Gasteiger partial charge is 0.469 e. The zero-order valence-corrected chi connectivity index (χ0v) is 16.4. The number of hydrogen-bond donors (Lipinski definition) is 0. The van der Waals surface area contributed by atoms with Crippen LogP contribution in [-0.2, 0) is 15.6 Å². The van der Waals surface area contributed by atoms with E-state index in [1.165, 1.54) is 28.6 Å². The predicted molar refractivity (Wildman–Crippen MR) is 98.6 cm³/mol. The molecule has 0 bridgehead atoms. The maximum Gasteiger partial charge on any atom is 0.277 e. The number of rotatable bonds is 6. The van der Waals surface area contributed by atoms with E-state index < -0.39 is 9.84 Å². The SMILES string of the molecule is Cc1occc1-c1nnc(SCc2nnnn2-c2ccc(S(C)(=O)=O)cc2)o1. The summed E-state index contributed by atoms with van der Waals surface area (Å²) in [7, 11) is -3.26. The normalized spacial score (nSPS) is 11.8. The van der Waals surface area contributed by atoms with E-state index in [2.05, 4.69) is 25.7 Å². The Bertz CT molecular complexity index is 1210. The smallest absolute Gasteiger partial charge is 0.277 e. The molecule has 4 rings (SSSR count). The molecule has 12 heteroatoms. The third-order valence-corrected chi connectivity index (χ3v) is 5.81. The zero-order chi connectivity index (χ0) is 19.7. The first-order valence-electron chi connectivity index (χ1n) is 8.00. The molecule has 0 aliphatic carbocycles. The molecule has 0 N–H and O–H groups in total. The number of furan rings is 1. The Morgan fingerprint density at radius 2 is 1.89 bits per heavy atom. The van der Waals surface area contributed by atoms with E-state index in [-0.39, 0.29) is 4.90 Å². The Morgan fingerprint density at radius 3 is 2.57 bits per heavy atom. The van der Waals surface area contributed by atoms with Gasteiger partial charge in [0.05, 0.1) is 28.2 Å². The van der Waals surface area contributed by atoms with Crippen LogP contribution in [0.2, 0.25) is 0 Å². The first-order valence-corrected chi connectivity index (χ1v) is 10.9. The van der Waals surface area contributed by atoms with Gasteiger partial charge in [-0.25, -0.2) is 8.42 Å². The predicted octanol–water partition coefficient (Wildman–Crippen LogP) is 2.31. The van der Waals surface area contributed by atoms with E-state index >= 15 is 0 Å². The molecule has 0 radical (unpaired) electrons. The number of hydrogen-bond acceptors (Lipinski definition) is 10. The van der Waals surface area contributed by atoms with Crippen LogP contribution in [0.3, 0.4) is 0 Å². The van der Waals surface area contributed by atoms with Crippen molar-refractivity contribution < 1.29 is 17.3 Å². The fourth-order valence-electron chi connectivity index (χ4n) is 2.44. The number of aromatic nitrogens is 6. The minimum atomic E-state index is -3.26. The van der Waals surface area contributed by atoms with Crippen LogP contribution in [0, 0.1) is 6.92 Å². The molecule has 0 aliphatic heterocycles. The van der Waals surface area contributed by atoms with Crippen LogP contribution in [0.1, 0.15) is 11.6 Å². The molecule has 0 atom stereocenters. The van der Waals surface area contributed by atoms with Crippen molar-refractivity contribution >= 4 is 21.6 Å². The maximum atomic E-state index is 11.6. The van der Waals surface area contributed by atoms with Gasteiger partial charge in [0.15, 0.2) is 15.7 Å². The standard InChI is InChI=1S/C16H14N6O4S2/c1-10-13(7-8-25-10)15-18-19-16(26-15)27-9-14-17-20-21-22(14)11-3-5-12(6-4-11)28(2,23)24/h3-8H,9H2,1-2H3. The fourth-order valence-corrected chi connectivity index (χ4v) is 3.74. The average Bonchev–Trinajstić information content (AvgIpc) is 3.39. The summed E-state index contributed by atoms with van der Waals surface area (Å²) in [5.74, 6) is 2.01. The van der Waals surface area contributed by atoms with Gasteiger partial charge in [0.2, 0.25) is 0 Å². The molecule has 0 fully saturated rings. The Morgan fingerprint density at radius 1 is 1.11 bits per heavy atom. The third kappa shape index (κ3) is 3.68. The van der Waals surface area contributed by atoms with Crippen LogP contribution in [0.25, 0.3) is 17.1 Å². The van der Waals surface area contributed by atoms with E-state index in [4.69, 9.17) is 8.83 Å². The maximum absolute atomic E-state index is 11.6. The van der Waals surface area contributed by atoms with Crippen LogP contribution in [0.5, 0.6) is 0 Å². The van der Waals surface area contributed by atoms with E-state index in [0.29, 0.717) is 34.1 Å². The molecule has 1 aromatic carbocycles. The highest BCUT2D eigenvalue weighted by Gasteiger charge is 2.16. The van der Waals surface area contributed by atoms with E-state index in [0.717, 1.165) is 11.8 Å². The van der Waals surface area contributed by atoms with Gasteiger partial charge in [-0.15, -0.1) is 15.3 Å². The molecule has 144 valence electrons. The summed E-state index contributed by atoms with van der Waals surface area (Å²) < 4.78 is 35.6. The summed E-state index contributed by atoms with van der Waals surface area (Å²) in [6, 6.07) is 8.08. The van der Waals surface area contributed by atoms with E-state index in [9.17, 15) is 8.42 Å². The van der Waals surface area contributed by atoms with Gasteiger partial charge in [-0.2, -0.15) is 4.68 Å². The summed E-state index contributed by atoms with van der Waals surface area (Å²) >= 11 is 1.29. The van der Waals surface area contributed by atoms with Gasteiger partial charge >= 0.3 is 0 Å². The Hall–Kier alpha value is -2.99. The second-order valence-corrected chi connectivity index (χ2v) is 8.77. The van der Waals surface area contributed by atoms with Gasteiger partial charge in [0, 0.05) is 6.26 Å². The second kappa shape index (κ2) is 7.20. The number of aryl methyl sites for hydroxylation is 1. The summed E-state index contributed by atoms with van der Waals surface area (Å²) in [5, 5.41) is 20.1. The Balaban J connectivity index is 1.50. The molecule has 0 amide bonds. The van der Waals surface area contributed by atoms with Gasteiger partial charge in [-0.05, 0) is 47.7 Å². The number of sulfone groups is 1. The molecule has 3 heterocycles. The topological polar surface area (TPSA) is 130 Å². The third-order valence-electron chi connectivity index (χ3n) is 3.86. The highest BCUT2D eigenvalue weighted by atomic mass is 32.2. The van der Waals surface area contributed by atoms with Crippen molar-refractivity contribution in [1.82, 2.24) is 30.4 Å². The lowest BCUT2D eigenvalue weighted by Gasteiger charge is -2.04. The van der Waals surface area contributed by atoms with Gasteiger partial charge in [0.25, 0.3) is 11.1 Å². The lowest BCUT2D eigenvalue weighted by atomic mass is 10.3. The minimum absolute atomic E-state index is 0.230. The number of thioether (sulfide) groups is 1. The first-order chi connectivity index (χ1) is 13.4. The molecule has 0 aliphatic rings. The average molecular weight is 418 g/mol. The van der Waals surface area contributed by atoms with Crippen LogP contribution >= 0.6 is 11.8 Å². The molecule has 4 aromatic rings. The summed E-state index contributed by atoms with van der Waals surface area (Å²) in [6.45, 7) is 1.82. The van der Waals surface area contributed by atoms with Gasteiger partial charge in [-0.3, -0.25) is 0 Å². The fraction of sp³-hybridized carbons (Fsp3) is 0.188. The molecule has 28 heavy (non-hydrogen) atoms. The monoisotopic (exact) mass is 418 g/mol. The van der Waals surface area contributed by atoms with Crippen LogP contribution in [0.15, 0.2) is 55.5 Å². The summed E-state index contributed by atoms with van der Waals surface area (Å²) in [5.41, 5.74) is 1.39. The molecule has 0 spiro atoms. The summed E-state index contributed by atoms with van der Waals surface area (Å²) in [4.78, 5) is 0.230. The summed E-state index contributed by atoms with van der Waals surface area (Å²) in [6.07, 6.45) is 2.72.